The van der Waals surface area contributed by atoms with Crippen molar-refractivity contribution in [1.82, 2.24) is 0 Å². The fraction of sp³-hybridized carbons (Fsp3) is 0.385. The van der Waals surface area contributed by atoms with Crippen LogP contribution in [0.15, 0.2) is 18.2 Å². The first-order valence-corrected chi connectivity index (χ1v) is 6.25. The highest BCUT2D eigenvalue weighted by molar-refractivity contribution is 9.10. The van der Waals surface area contributed by atoms with Crippen LogP contribution in [0, 0.1) is 6.92 Å². The summed E-state index contributed by atoms with van der Waals surface area (Å²) in [5, 5.41) is 2.78. The van der Waals surface area contributed by atoms with Crippen molar-refractivity contribution >= 4 is 33.5 Å². The first-order valence-electron chi connectivity index (χ1n) is 5.45. The van der Waals surface area contributed by atoms with Crippen molar-refractivity contribution in [3.63, 3.8) is 0 Å². The second-order valence-electron chi connectivity index (χ2n) is 4.40. The van der Waals surface area contributed by atoms with E-state index in [-0.39, 0.29) is 5.91 Å². The largest absolute Gasteiger partial charge is 0.465 e. The minimum absolute atomic E-state index is 0.174. The summed E-state index contributed by atoms with van der Waals surface area (Å²) in [4.78, 5) is 23.4. The van der Waals surface area contributed by atoms with E-state index >= 15 is 0 Å². The lowest BCUT2D eigenvalue weighted by Gasteiger charge is -2.17. The summed E-state index contributed by atoms with van der Waals surface area (Å²) in [6.07, 6.45) is 0. The molecule has 0 saturated heterocycles. The average Bonchev–Trinajstić information content (AvgIpc) is 2.29. The van der Waals surface area contributed by atoms with Crippen molar-refractivity contribution in [1.29, 1.82) is 0 Å². The van der Waals surface area contributed by atoms with Crippen molar-refractivity contribution in [2.24, 2.45) is 0 Å². The second kappa shape index (κ2) is 5.52. The number of anilines is 1. The number of benzene rings is 1. The van der Waals surface area contributed by atoms with Gasteiger partial charge in [-0.15, -0.1) is 0 Å². The Bertz CT molecular complexity index is 478. The molecule has 1 aromatic rings. The Kier molecular flexibility index (Phi) is 4.51. The second-order valence-corrected chi connectivity index (χ2v) is 6.38. The van der Waals surface area contributed by atoms with Crippen LogP contribution in [0.2, 0.25) is 0 Å². The van der Waals surface area contributed by atoms with Crippen LogP contribution in [0.5, 0.6) is 0 Å². The number of esters is 1. The van der Waals surface area contributed by atoms with Gasteiger partial charge in [-0.1, -0.05) is 22.0 Å². The highest BCUT2D eigenvalue weighted by Gasteiger charge is 2.24. The molecule has 0 aliphatic heterocycles. The molecule has 0 heterocycles. The van der Waals surface area contributed by atoms with Crippen LogP contribution in [0.1, 0.15) is 29.8 Å². The Morgan fingerprint density at radius 3 is 2.44 bits per heavy atom. The molecule has 0 spiro atoms. The fourth-order valence-electron chi connectivity index (χ4n) is 1.37. The number of hydrogen-bond donors (Lipinski definition) is 1. The number of carbonyl (C=O) groups is 2. The van der Waals surface area contributed by atoms with Crippen molar-refractivity contribution in [3.05, 3.63) is 29.3 Å². The number of alkyl halides is 1. The lowest BCUT2D eigenvalue weighted by Crippen LogP contribution is -2.31. The van der Waals surface area contributed by atoms with Crippen molar-refractivity contribution in [2.75, 3.05) is 12.4 Å². The molecule has 0 atom stereocenters. The van der Waals surface area contributed by atoms with E-state index in [4.69, 9.17) is 0 Å². The van der Waals surface area contributed by atoms with Crippen LogP contribution in [-0.4, -0.2) is 23.3 Å². The normalized spacial score (nSPS) is 10.9. The maximum Gasteiger partial charge on any atom is 0.338 e. The van der Waals surface area contributed by atoms with Gasteiger partial charge in [0.2, 0.25) is 5.91 Å². The zero-order valence-corrected chi connectivity index (χ0v) is 12.4. The van der Waals surface area contributed by atoms with Gasteiger partial charge in [-0.25, -0.2) is 4.79 Å². The highest BCUT2D eigenvalue weighted by atomic mass is 79.9. The number of nitrogens with one attached hydrogen (secondary N) is 1. The zero-order chi connectivity index (χ0) is 13.9. The number of amides is 1. The molecule has 98 valence electrons. The van der Waals surface area contributed by atoms with E-state index < -0.39 is 10.3 Å². The third-order valence-corrected chi connectivity index (χ3v) is 2.89. The third kappa shape index (κ3) is 3.32. The number of halogens is 1. The van der Waals surface area contributed by atoms with Crippen LogP contribution in [-0.2, 0) is 9.53 Å². The number of carbonyl (C=O) groups excluding carboxylic acids is 2. The fourth-order valence-corrected chi connectivity index (χ4v) is 1.47. The molecule has 5 heteroatoms. The topological polar surface area (TPSA) is 55.4 Å². The molecule has 1 rings (SSSR count). The van der Waals surface area contributed by atoms with Gasteiger partial charge in [0.1, 0.15) is 0 Å². The summed E-state index contributed by atoms with van der Waals surface area (Å²) in [6.45, 7) is 5.27. The Morgan fingerprint density at radius 2 is 1.94 bits per heavy atom. The molecule has 0 aliphatic rings. The van der Waals surface area contributed by atoms with Crippen LogP contribution < -0.4 is 5.32 Å². The minimum atomic E-state index is -0.666. The van der Waals surface area contributed by atoms with Gasteiger partial charge in [-0.3, -0.25) is 4.79 Å². The number of hydrogen-bond acceptors (Lipinski definition) is 3. The number of ether oxygens (including phenoxy) is 1. The van der Waals surface area contributed by atoms with Crippen molar-refractivity contribution in [2.45, 2.75) is 25.1 Å². The van der Waals surface area contributed by atoms with Gasteiger partial charge in [0.15, 0.2) is 0 Å². The lowest BCUT2D eigenvalue weighted by molar-refractivity contribution is -0.117. The molecule has 0 fully saturated rings. The summed E-state index contributed by atoms with van der Waals surface area (Å²) < 4.78 is 4.02. The molecule has 1 N–H and O–H groups in total. The molecule has 0 aromatic heterocycles. The molecular formula is C13H16BrNO3. The Labute approximate surface area is 115 Å². The summed E-state index contributed by atoms with van der Waals surface area (Å²) in [6, 6.07) is 5.12. The smallest absolute Gasteiger partial charge is 0.338 e. The molecule has 0 unspecified atom stereocenters. The van der Waals surface area contributed by atoms with E-state index in [1.165, 1.54) is 7.11 Å². The van der Waals surface area contributed by atoms with E-state index in [9.17, 15) is 9.59 Å². The van der Waals surface area contributed by atoms with Crippen molar-refractivity contribution in [3.8, 4) is 0 Å². The van der Waals surface area contributed by atoms with E-state index in [0.29, 0.717) is 16.8 Å². The minimum Gasteiger partial charge on any atom is -0.465 e. The third-order valence-electron chi connectivity index (χ3n) is 2.53. The first kappa shape index (κ1) is 14.7. The van der Waals surface area contributed by atoms with E-state index in [2.05, 4.69) is 26.0 Å². The monoisotopic (exact) mass is 313 g/mol. The van der Waals surface area contributed by atoms with E-state index in [0.717, 1.165) is 0 Å². The maximum atomic E-state index is 11.9. The molecule has 18 heavy (non-hydrogen) atoms. The van der Waals surface area contributed by atoms with Crippen LogP contribution in [0.4, 0.5) is 5.69 Å². The number of rotatable bonds is 3. The Morgan fingerprint density at radius 1 is 1.33 bits per heavy atom. The van der Waals surface area contributed by atoms with Gasteiger partial charge in [-0.2, -0.15) is 0 Å². The van der Waals surface area contributed by atoms with Gasteiger partial charge >= 0.3 is 5.97 Å². The standard InChI is InChI=1S/C13H16BrNO3/c1-8-9(11(16)18-4)6-5-7-10(8)15-12(17)13(2,3)14/h5-7H,1-4H3,(H,15,17). The van der Waals surface area contributed by atoms with Gasteiger partial charge in [-0.05, 0) is 38.5 Å². The molecular weight excluding hydrogens is 298 g/mol. The van der Waals surface area contributed by atoms with Gasteiger partial charge in [0.05, 0.1) is 17.0 Å². The highest BCUT2D eigenvalue weighted by Crippen LogP contribution is 2.23. The molecule has 0 bridgehead atoms. The Balaban J connectivity index is 3.05. The van der Waals surface area contributed by atoms with Crippen LogP contribution >= 0.6 is 15.9 Å². The molecule has 0 saturated carbocycles. The molecule has 4 nitrogen and oxygen atoms in total. The predicted molar refractivity (Wildman–Crippen MR) is 74.2 cm³/mol. The predicted octanol–water partition coefficient (Wildman–Crippen LogP) is 2.89. The molecule has 0 radical (unpaired) electrons. The summed E-state index contributed by atoms with van der Waals surface area (Å²) in [7, 11) is 1.33. The van der Waals surface area contributed by atoms with Crippen LogP contribution in [0.25, 0.3) is 0 Å². The summed E-state index contributed by atoms with van der Waals surface area (Å²) in [5.74, 6) is -0.589. The van der Waals surface area contributed by atoms with Crippen molar-refractivity contribution < 1.29 is 14.3 Å². The molecule has 1 amide bonds. The SMILES string of the molecule is COC(=O)c1cccc(NC(=O)C(C)(C)Br)c1C. The average molecular weight is 314 g/mol. The summed E-state index contributed by atoms with van der Waals surface area (Å²) >= 11 is 3.28. The number of methoxy groups -OCH3 is 1. The van der Waals surface area contributed by atoms with E-state index in [1.807, 2.05) is 0 Å². The maximum absolute atomic E-state index is 11.9. The Hall–Kier alpha value is -1.36. The van der Waals surface area contributed by atoms with Gasteiger partial charge in [0.25, 0.3) is 0 Å². The lowest BCUT2D eigenvalue weighted by atomic mass is 10.1. The van der Waals surface area contributed by atoms with Gasteiger partial charge in [0, 0.05) is 5.69 Å². The van der Waals surface area contributed by atoms with Gasteiger partial charge < -0.3 is 10.1 Å². The van der Waals surface area contributed by atoms with Crippen LogP contribution in [0.3, 0.4) is 0 Å². The molecule has 0 aliphatic carbocycles. The summed E-state index contributed by atoms with van der Waals surface area (Å²) in [5.41, 5.74) is 1.74. The zero-order valence-electron chi connectivity index (χ0n) is 10.8. The quantitative estimate of drug-likeness (QED) is 0.689. The van der Waals surface area contributed by atoms with E-state index in [1.54, 1.807) is 39.0 Å². The first-order chi connectivity index (χ1) is 8.27. The molecule has 1 aromatic carbocycles.